The lowest BCUT2D eigenvalue weighted by molar-refractivity contribution is 0.100. The van der Waals surface area contributed by atoms with Crippen molar-refractivity contribution in [1.82, 2.24) is 9.78 Å². The van der Waals surface area contributed by atoms with E-state index in [1.165, 1.54) is 10.9 Å². The number of rotatable bonds is 3. The Labute approximate surface area is 68.8 Å². The number of aromatic nitrogens is 2. The van der Waals surface area contributed by atoms with Gasteiger partial charge in [0.25, 0.3) is 5.91 Å². The first-order chi connectivity index (χ1) is 5.66. The van der Waals surface area contributed by atoms with Crippen molar-refractivity contribution in [2.75, 3.05) is 12.3 Å². The van der Waals surface area contributed by atoms with Crippen LogP contribution in [-0.2, 0) is 6.54 Å². The van der Waals surface area contributed by atoms with E-state index in [2.05, 4.69) is 5.10 Å². The third kappa shape index (κ3) is 1.37. The predicted octanol–water partition coefficient (Wildman–Crippen LogP) is -1.44. The molecule has 0 saturated carbocycles. The summed E-state index contributed by atoms with van der Waals surface area (Å²) in [6.07, 6.45) is 1.29. The molecule has 0 spiro atoms. The Morgan fingerprint density at radius 3 is 2.83 bits per heavy atom. The van der Waals surface area contributed by atoms with E-state index in [1.54, 1.807) is 0 Å². The topological polar surface area (TPSA) is 107 Å². The molecular weight excluding hydrogens is 160 g/mol. The van der Waals surface area contributed by atoms with E-state index in [-0.39, 0.29) is 24.5 Å². The van der Waals surface area contributed by atoms with Crippen LogP contribution >= 0.6 is 0 Å². The number of hydrogen-bond acceptors (Lipinski definition) is 4. The molecule has 1 rings (SSSR count). The summed E-state index contributed by atoms with van der Waals surface area (Å²) in [5.41, 5.74) is 10.7. The summed E-state index contributed by atoms with van der Waals surface area (Å²) in [6.45, 7) is 0.184. The Kier molecular flexibility index (Phi) is 2.29. The number of nitrogen functional groups attached to an aromatic ring is 1. The maximum atomic E-state index is 10.7. The lowest BCUT2D eigenvalue weighted by Crippen LogP contribution is -2.14. The summed E-state index contributed by atoms with van der Waals surface area (Å²) in [5, 5.41) is 12.3. The molecule has 0 saturated heterocycles. The van der Waals surface area contributed by atoms with Gasteiger partial charge in [0.2, 0.25) is 0 Å². The van der Waals surface area contributed by atoms with Gasteiger partial charge in [-0.05, 0) is 0 Å². The van der Waals surface area contributed by atoms with Crippen LogP contribution in [0.1, 0.15) is 10.4 Å². The number of primary amides is 1. The Morgan fingerprint density at radius 2 is 2.42 bits per heavy atom. The molecule has 0 bridgehead atoms. The van der Waals surface area contributed by atoms with Crippen LogP contribution in [0.5, 0.6) is 0 Å². The Morgan fingerprint density at radius 1 is 1.75 bits per heavy atom. The molecule has 0 aliphatic rings. The predicted molar refractivity (Wildman–Crippen MR) is 42.2 cm³/mol. The molecule has 0 atom stereocenters. The lowest BCUT2D eigenvalue weighted by Gasteiger charge is -2.00. The normalized spacial score (nSPS) is 10.1. The van der Waals surface area contributed by atoms with Crippen LogP contribution in [0.4, 0.5) is 5.82 Å². The minimum atomic E-state index is -0.614. The Bertz CT molecular complexity index is 294. The molecule has 6 heteroatoms. The van der Waals surface area contributed by atoms with Crippen LogP contribution in [-0.4, -0.2) is 27.4 Å². The minimum Gasteiger partial charge on any atom is -0.394 e. The van der Waals surface area contributed by atoms with Gasteiger partial charge in [-0.25, -0.2) is 4.68 Å². The van der Waals surface area contributed by atoms with Gasteiger partial charge in [-0.2, -0.15) is 5.10 Å². The molecule has 0 aromatic carbocycles. The van der Waals surface area contributed by atoms with Gasteiger partial charge < -0.3 is 16.6 Å². The van der Waals surface area contributed by atoms with E-state index in [4.69, 9.17) is 16.6 Å². The van der Waals surface area contributed by atoms with Crippen molar-refractivity contribution in [2.45, 2.75) is 6.54 Å². The van der Waals surface area contributed by atoms with Crippen LogP contribution in [0.2, 0.25) is 0 Å². The number of hydrogen-bond donors (Lipinski definition) is 3. The van der Waals surface area contributed by atoms with E-state index < -0.39 is 5.91 Å². The third-order valence-corrected chi connectivity index (χ3v) is 1.46. The molecule has 1 heterocycles. The first-order valence-corrected chi connectivity index (χ1v) is 3.38. The Balaban J connectivity index is 2.96. The quantitative estimate of drug-likeness (QED) is 0.516. The van der Waals surface area contributed by atoms with Crippen LogP contribution in [0.25, 0.3) is 0 Å². The molecule has 0 unspecified atom stereocenters. The molecule has 0 aliphatic heterocycles. The summed E-state index contributed by atoms with van der Waals surface area (Å²) in [7, 11) is 0. The molecule has 0 radical (unpaired) electrons. The van der Waals surface area contributed by atoms with Crippen LogP contribution < -0.4 is 11.5 Å². The third-order valence-electron chi connectivity index (χ3n) is 1.46. The zero-order valence-electron chi connectivity index (χ0n) is 6.40. The standard InChI is InChI=1S/C6H10N4O2/c7-5-4(6(8)12)3-9-10(5)1-2-11/h3,11H,1-2,7H2,(H2,8,12). The highest BCUT2D eigenvalue weighted by Crippen LogP contribution is 2.08. The molecule has 66 valence electrons. The smallest absolute Gasteiger partial charge is 0.254 e. The van der Waals surface area contributed by atoms with Gasteiger partial charge in [0, 0.05) is 0 Å². The molecule has 0 fully saturated rings. The summed E-state index contributed by atoms with van der Waals surface area (Å²) in [5.74, 6) is -0.423. The second-order valence-electron chi connectivity index (χ2n) is 2.25. The monoisotopic (exact) mass is 170 g/mol. The van der Waals surface area contributed by atoms with Crippen molar-refractivity contribution >= 4 is 11.7 Å². The van der Waals surface area contributed by atoms with Crippen LogP contribution in [0.3, 0.4) is 0 Å². The molecule has 12 heavy (non-hydrogen) atoms. The number of nitrogens with two attached hydrogens (primary N) is 2. The van der Waals surface area contributed by atoms with Gasteiger partial charge in [-0.15, -0.1) is 0 Å². The van der Waals surface area contributed by atoms with Gasteiger partial charge in [-0.3, -0.25) is 4.79 Å². The second-order valence-corrected chi connectivity index (χ2v) is 2.25. The fourth-order valence-electron chi connectivity index (χ4n) is 0.858. The van der Waals surface area contributed by atoms with Crippen molar-refractivity contribution < 1.29 is 9.90 Å². The second kappa shape index (κ2) is 3.22. The average molecular weight is 170 g/mol. The highest BCUT2D eigenvalue weighted by molar-refractivity contribution is 5.96. The van der Waals surface area contributed by atoms with Gasteiger partial charge in [0.1, 0.15) is 11.4 Å². The van der Waals surface area contributed by atoms with E-state index in [9.17, 15) is 4.79 Å². The first kappa shape index (κ1) is 8.54. The molecule has 1 aromatic rings. The zero-order valence-corrected chi connectivity index (χ0v) is 6.40. The molecule has 1 amide bonds. The zero-order chi connectivity index (χ0) is 9.14. The maximum absolute atomic E-state index is 10.7. The molecule has 6 nitrogen and oxygen atoms in total. The largest absolute Gasteiger partial charge is 0.394 e. The highest BCUT2D eigenvalue weighted by Gasteiger charge is 2.10. The number of amides is 1. The van der Waals surface area contributed by atoms with E-state index in [1.807, 2.05) is 0 Å². The maximum Gasteiger partial charge on any atom is 0.254 e. The van der Waals surface area contributed by atoms with E-state index in [0.717, 1.165) is 0 Å². The van der Waals surface area contributed by atoms with Crippen molar-refractivity contribution in [2.24, 2.45) is 5.73 Å². The number of nitrogens with zero attached hydrogens (tertiary/aromatic N) is 2. The van der Waals surface area contributed by atoms with Crippen molar-refractivity contribution in [3.05, 3.63) is 11.8 Å². The number of aliphatic hydroxyl groups excluding tert-OH is 1. The summed E-state index contributed by atoms with van der Waals surface area (Å²) < 4.78 is 1.32. The van der Waals surface area contributed by atoms with Gasteiger partial charge in [-0.1, -0.05) is 0 Å². The molecular formula is C6H10N4O2. The highest BCUT2D eigenvalue weighted by atomic mass is 16.3. The summed E-state index contributed by atoms with van der Waals surface area (Å²) in [6, 6.07) is 0. The Hall–Kier alpha value is -1.56. The van der Waals surface area contributed by atoms with Gasteiger partial charge >= 0.3 is 0 Å². The van der Waals surface area contributed by atoms with Gasteiger partial charge in [0.05, 0.1) is 19.3 Å². The van der Waals surface area contributed by atoms with E-state index in [0.29, 0.717) is 0 Å². The fourth-order valence-corrected chi connectivity index (χ4v) is 0.858. The number of carbonyl (C=O) groups excluding carboxylic acids is 1. The van der Waals surface area contributed by atoms with Crippen molar-refractivity contribution in [3.8, 4) is 0 Å². The molecule has 5 N–H and O–H groups in total. The molecule has 0 aliphatic carbocycles. The van der Waals surface area contributed by atoms with Crippen LogP contribution in [0, 0.1) is 0 Å². The SMILES string of the molecule is NC(=O)c1cnn(CCO)c1N. The number of carbonyl (C=O) groups is 1. The summed E-state index contributed by atoms with van der Waals surface area (Å²) in [4.78, 5) is 10.7. The first-order valence-electron chi connectivity index (χ1n) is 3.38. The minimum absolute atomic E-state index is 0.0793. The van der Waals surface area contributed by atoms with Crippen molar-refractivity contribution in [3.63, 3.8) is 0 Å². The number of anilines is 1. The molecule has 1 aromatic heterocycles. The van der Waals surface area contributed by atoms with Gasteiger partial charge in [0.15, 0.2) is 0 Å². The fraction of sp³-hybridized carbons (Fsp3) is 0.333. The van der Waals surface area contributed by atoms with E-state index >= 15 is 0 Å². The average Bonchev–Trinajstić information content (AvgIpc) is 2.34. The summed E-state index contributed by atoms with van der Waals surface area (Å²) >= 11 is 0. The van der Waals surface area contributed by atoms with Crippen molar-refractivity contribution in [1.29, 1.82) is 0 Å². The van der Waals surface area contributed by atoms with Crippen LogP contribution in [0.15, 0.2) is 6.20 Å². The lowest BCUT2D eigenvalue weighted by atomic mass is 10.3. The number of aliphatic hydroxyl groups is 1.